The van der Waals surface area contributed by atoms with Crippen LogP contribution in [0, 0.1) is 5.92 Å². The van der Waals surface area contributed by atoms with Crippen molar-refractivity contribution in [1.29, 1.82) is 0 Å². The molecule has 0 aliphatic carbocycles. The van der Waals surface area contributed by atoms with Crippen molar-refractivity contribution in [2.45, 2.75) is 122 Å². The Morgan fingerprint density at radius 2 is 1.09 bits per heavy atom. The van der Waals surface area contributed by atoms with Gasteiger partial charge >= 0.3 is 16.5 Å². The standard InChI is InChI=1S/C26H44O5P2/c1-5-9-18-25(19-10-6-2)24(22-23-16-14-13-15-17-23)26(20-11-7-3,21-12-8-4)30-33(28)31-32(27)29-25/h13-17,24H,5-12,18-22H2,1-4H3/q+2. The molecular formula is C26H44O5P2+2. The molecule has 1 aliphatic heterocycles. The second kappa shape index (κ2) is 14.6. The average Bonchev–Trinajstić information content (AvgIpc) is 2.81. The maximum Gasteiger partial charge on any atom is 0.748 e. The van der Waals surface area contributed by atoms with E-state index in [-0.39, 0.29) is 5.92 Å². The van der Waals surface area contributed by atoms with Crippen LogP contribution >= 0.6 is 16.5 Å². The summed E-state index contributed by atoms with van der Waals surface area (Å²) in [6, 6.07) is 10.4. The minimum atomic E-state index is -2.52. The molecule has 0 bridgehead atoms. The van der Waals surface area contributed by atoms with Gasteiger partial charge in [0, 0.05) is 15.0 Å². The van der Waals surface area contributed by atoms with Gasteiger partial charge in [-0.2, -0.15) is 0 Å². The van der Waals surface area contributed by atoms with Gasteiger partial charge in [-0.25, -0.2) is 0 Å². The van der Waals surface area contributed by atoms with Gasteiger partial charge in [0.05, 0.1) is 0 Å². The van der Waals surface area contributed by atoms with Crippen molar-refractivity contribution >= 4 is 16.5 Å². The lowest BCUT2D eigenvalue weighted by molar-refractivity contribution is -0.125. The highest BCUT2D eigenvalue weighted by Crippen LogP contribution is 2.58. The third-order valence-electron chi connectivity index (χ3n) is 7.01. The highest BCUT2D eigenvalue weighted by molar-refractivity contribution is 7.47. The normalized spacial score (nSPS) is 22.6. The van der Waals surface area contributed by atoms with Gasteiger partial charge in [0.15, 0.2) is 4.31 Å². The zero-order chi connectivity index (χ0) is 24.2. The Labute approximate surface area is 203 Å². The minimum Gasteiger partial charge on any atom is -0.109 e. The molecule has 1 aliphatic rings. The van der Waals surface area contributed by atoms with Crippen LogP contribution in [0.15, 0.2) is 30.3 Å². The number of benzene rings is 1. The molecule has 33 heavy (non-hydrogen) atoms. The zero-order valence-electron chi connectivity index (χ0n) is 21.1. The number of unbranched alkanes of at least 4 members (excludes halogenated alkanes) is 4. The van der Waals surface area contributed by atoms with Crippen LogP contribution in [0.4, 0.5) is 0 Å². The predicted octanol–water partition coefficient (Wildman–Crippen LogP) is 9.46. The first kappa shape index (κ1) is 28.5. The van der Waals surface area contributed by atoms with Crippen LogP contribution in [0.2, 0.25) is 0 Å². The van der Waals surface area contributed by atoms with Gasteiger partial charge in [0.1, 0.15) is 11.2 Å². The van der Waals surface area contributed by atoms with Gasteiger partial charge in [-0.15, -0.1) is 9.05 Å². The minimum absolute atomic E-state index is 0.0644. The molecule has 1 heterocycles. The number of rotatable bonds is 14. The Balaban J connectivity index is 2.69. The summed E-state index contributed by atoms with van der Waals surface area (Å²) in [5, 5.41) is 0. The molecule has 1 aromatic carbocycles. The highest BCUT2D eigenvalue weighted by atomic mass is 31.2. The highest BCUT2D eigenvalue weighted by Gasteiger charge is 2.64. The smallest absolute Gasteiger partial charge is 0.109 e. The van der Waals surface area contributed by atoms with Crippen molar-refractivity contribution < 1.29 is 22.5 Å². The van der Waals surface area contributed by atoms with Gasteiger partial charge in [0.25, 0.3) is 0 Å². The van der Waals surface area contributed by atoms with Crippen LogP contribution in [0.3, 0.4) is 0 Å². The molecule has 5 nitrogen and oxygen atoms in total. The van der Waals surface area contributed by atoms with E-state index >= 15 is 0 Å². The van der Waals surface area contributed by atoms with E-state index in [1.54, 1.807) is 0 Å². The lowest BCUT2D eigenvalue weighted by Crippen LogP contribution is -2.55. The summed E-state index contributed by atoms with van der Waals surface area (Å²) in [6.45, 7) is 8.70. The van der Waals surface area contributed by atoms with E-state index < -0.39 is 27.7 Å². The summed E-state index contributed by atoms with van der Waals surface area (Å²) in [4.78, 5) is 0. The van der Waals surface area contributed by atoms with Crippen LogP contribution < -0.4 is 0 Å². The lowest BCUT2D eigenvalue weighted by atomic mass is 9.65. The van der Waals surface area contributed by atoms with E-state index in [2.05, 4.69) is 52.0 Å². The van der Waals surface area contributed by atoms with Crippen LogP contribution in [0.25, 0.3) is 0 Å². The molecule has 0 aromatic heterocycles. The summed E-state index contributed by atoms with van der Waals surface area (Å²) >= 11 is 0. The topological polar surface area (TPSA) is 61.8 Å². The Kier molecular flexibility index (Phi) is 12.7. The zero-order valence-corrected chi connectivity index (χ0v) is 22.9. The molecule has 186 valence electrons. The third-order valence-corrected chi connectivity index (χ3v) is 9.10. The summed E-state index contributed by atoms with van der Waals surface area (Å²) < 4.78 is 43.8. The average molecular weight is 499 g/mol. The van der Waals surface area contributed by atoms with E-state index in [1.165, 1.54) is 5.56 Å². The summed E-state index contributed by atoms with van der Waals surface area (Å²) in [7, 11) is -5.05. The lowest BCUT2D eigenvalue weighted by Gasteiger charge is -2.46. The summed E-state index contributed by atoms with van der Waals surface area (Å²) in [6.07, 6.45) is 11.9. The van der Waals surface area contributed by atoms with Gasteiger partial charge in [-0.05, 0) is 37.7 Å². The molecule has 0 radical (unpaired) electrons. The first-order valence-corrected chi connectivity index (χ1v) is 15.2. The third kappa shape index (κ3) is 8.18. The van der Waals surface area contributed by atoms with Crippen molar-refractivity contribution in [2.75, 3.05) is 0 Å². The Morgan fingerprint density at radius 1 is 0.697 bits per heavy atom. The van der Waals surface area contributed by atoms with Crippen LogP contribution in [-0.2, 0) is 28.9 Å². The fourth-order valence-electron chi connectivity index (χ4n) is 5.25. The maximum absolute atomic E-state index is 12.9. The van der Waals surface area contributed by atoms with Crippen molar-refractivity contribution in [1.82, 2.24) is 0 Å². The van der Waals surface area contributed by atoms with Crippen molar-refractivity contribution in [3.8, 4) is 0 Å². The first-order chi connectivity index (χ1) is 15.9. The molecule has 2 atom stereocenters. The first-order valence-electron chi connectivity index (χ1n) is 13.0. The van der Waals surface area contributed by atoms with Crippen LogP contribution in [-0.4, -0.2) is 11.2 Å². The molecule has 0 N–H and O–H groups in total. The van der Waals surface area contributed by atoms with Gasteiger partial charge < -0.3 is 0 Å². The largest absolute Gasteiger partial charge is 0.748 e. The molecule has 1 fully saturated rings. The molecule has 1 saturated heterocycles. The SMILES string of the molecule is CCCCC1(CCCC)O[P+](=O)O[P+](=O)OC(CCCC)(CCCC)C1Cc1ccccc1. The van der Waals surface area contributed by atoms with Gasteiger partial charge in [0.2, 0.25) is 0 Å². The number of hydrogen-bond acceptors (Lipinski definition) is 5. The molecule has 0 amide bonds. The van der Waals surface area contributed by atoms with Crippen molar-refractivity contribution in [3.05, 3.63) is 35.9 Å². The molecule has 7 heteroatoms. The maximum atomic E-state index is 12.9. The second-order valence-corrected chi connectivity index (χ2v) is 11.4. The molecule has 2 rings (SSSR count). The quantitative estimate of drug-likeness (QED) is 0.239. The van der Waals surface area contributed by atoms with Gasteiger partial charge in [-0.3, -0.25) is 0 Å². The van der Waals surface area contributed by atoms with Crippen LogP contribution in [0.1, 0.15) is 110 Å². The number of hydrogen-bond donors (Lipinski definition) is 0. The summed E-state index contributed by atoms with van der Waals surface area (Å²) in [5.41, 5.74) is -0.0859. The fourth-order valence-corrected chi connectivity index (χ4v) is 7.16. The monoisotopic (exact) mass is 498 g/mol. The molecular weight excluding hydrogens is 454 g/mol. The Bertz CT molecular complexity index is 669. The van der Waals surface area contributed by atoms with Gasteiger partial charge in [-0.1, -0.05) is 109 Å². The Hall–Kier alpha value is -0.700. The molecule has 1 aromatic rings. The van der Waals surface area contributed by atoms with Crippen molar-refractivity contribution in [3.63, 3.8) is 0 Å². The molecule has 0 spiro atoms. The van der Waals surface area contributed by atoms with E-state index in [9.17, 15) is 9.13 Å². The van der Waals surface area contributed by atoms with Crippen LogP contribution in [0.5, 0.6) is 0 Å². The van der Waals surface area contributed by atoms with E-state index in [0.717, 1.165) is 83.5 Å². The fraction of sp³-hybridized carbons (Fsp3) is 0.769. The van der Waals surface area contributed by atoms with E-state index in [4.69, 9.17) is 13.4 Å². The Morgan fingerprint density at radius 3 is 1.45 bits per heavy atom. The summed E-state index contributed by atoms with van der Waals surface area (Å²) in [5.74, 6) is -0.0644. The second-order valence-electron chi connectivity index (χ2n) is 9.50. The van der Waals surface area contributed by atoms with Crippen molar-refractivity contribution in [2.24, 2.45) is 5.92 Å². The predicted molar refractivity (Wildman–Crippen MR) is 136 cm³/mol. The molecule has 0 saturated carbocycles. The van der Waals surface area contributed by atoms with E-state index in [1.807, 2.05) is 6.07 Å². The molecule has 2 unspecified atom stereocenters. The van der Waals surface area contributed by atoms with E-state index in [0.29, 0.717) is 0 Å².